The Kier molecular flexibility index (Phi) is 6.64. The van der Waals surface area contributed by atoms with Gasteiger partial charge in [-0.15, -0.1) is 24.2 Å². The lowest BCUT2D eigenvalue weighted by Crippen LogP contribution is -2.53. The van der Waals surface area contributed by atoms with Crippen LogP contribution in [0.1, 0.15) is 5.56 Å². The second-order valence-electron chi connectivity index (χ2n) is 6.63. The van der Waals surface area contributed by atoms with E-state index < -0.39 is 0 Å². The third kappa shape index (κ3) is 4.40. The van der Waals surface area contributed by atoms with Gasteiger partial charge in [0.05, 0.1) is 10.6 Å². The predicted molar refractivity (Wildman–Crippen MR) is 114 cm³/mol. The number of pyridine rings is 1. The van der Waals surface area contributed by atoms with Gasteiger partial charge in [0.2, 0.25) is 0 Å². The van der Waals surface area contributed by atoms with Crippen molar-refractivity contribution in [1.82, 2.24) is 25.9 Å². The van der Waals surface area contributed by atoms with E-state index in [9.17, 15) is 4.79 Å². The molecule has 9 heteroatoms. The van der Waals surface area contributed by atoms with Gasteiger partial charge in [0, 0.05) is 68.5 Å². The van der Waals surface area contributed by atoms with E-state index >= 15 is 0 Å². The van der Waals surface area contributed by atoms with E-state index in [4.69, 9.17) is 0 Å². The number of anilines is 1. The first-order chi connectivity index (χ1) is 12.7. The molecule has 4 heterocycles. The summed E-state index contributed by atoms with van der Waals surface area (Å²) in [6, 6.07) is 2.31. The number of thioether (sulfide) groups is 1. The molecular weight excluding hydrogens is 384 g/mol. The second-order valence-corrected chi connectivity index (χ2v) is 7.76. The van der Waals surface area contributed by atoms with Crippen molar-refractivity contribution < 1.29 is 4.79 Å². The van der Waals surface area contributed by atoms with Crippen LogP contribution in [0.2, 0.25) is 0 Å². The zero-order valence-corrected chi connectivity index (χ0v) is 16.9. The molecule has 1 amide bonds. The van der Waals surface area contributed by atoms with Crippen molar-refractivity contribution >= 4 is 46.8 Å². The third-order valence-electron chi connectivity index (χ3n) is 4.78. The van der Waals surface area contributed by atoms with E-state index in [1.807, 2.05) is 24.7 Å². The normalized spacial score (nSPS) is 20.1. The highest BCUT2D eigenvalue weighted by Gasteiger charge is 2.21. The molecule has 1 fully saturated rings. The fourth-order valence-electron chi connectivity index (χ4n) is 3.41. The molecule has 0 saturated carbocycles. The number of aromatic amines is 1. The van der Waals surface area contributed by atoms with Gasteiger partial charge in [0.25, 0.3) is 5.91 Å². The Morgan fingerprint density at radius 3 is 3.15 bits per heavy atom. The molecule has 0 aromatic carbocycles. The fraction of sp³-hybridized carbons (Fsp3) is 0.444. The molecule has 0 radical (unpaired) electrons. The van der Waals surface area contributed by atoms with Crippen molar-refractivity contribution in [3.05, 3.63) is 35.1 Å². The monoisotopic (exact) mass is 408 g/mol. The van der Waals surface area contributed by atoms with Crippen LogP contribution in [0.25, 0.3) is 11.0 Å². The number of hydrogen-bond acceptors (Lipinski definition) is 6. The Hall–Kier alpha value is -1.74. The lowest BCUT2D eigenvalue weighted by Gasteiger charge is -2.28. The summed E-state index contributed by atoms with van der Waals surface area (Å²) < 4.78 is 0. The van der Waals surface area contributed by atoms with Gasteiger partial charge >= 0.3 is 0 Å². The molecular formula is C18H25ClN6OS. The quantitative estimate of drug-likeness (QED) is 0.611. The van der Waals surface area contributed by atoms with Gasteiger partial charge in [-0.3, -0.25) is 4.79 Å². The van der Waals surface area contributed by atoms with Gasteiger partial charge in [0.1, 0.15) is 5.65 Å². The van der Waals surface area contributed by atoms with Crippen molar-refractivity contribution in [2.24, 2.45) is 0 Å². The number of aryl methyl sites for hydroxylation is 1. The highest BCUT2D eigenvalue weighted by atomic mass is 35.5. The number of nitrogens with zero attached hydrogens (tertiary/aromatic N) is 2. The SMILES string of the molecule is Cc1c[nH]c2nccc(N3C=C(C(=O)NCC4CNCCN4)SCC3)c12.Cl. The van der Waals surface area contributed by atoms with Crippen LogP contribution in [0.5, 0.6) is 0 Å². The van der Waals surface area contributed by atoms with Crippen LogP contribution >= 0.6 is 24.2 Å². The highest BCUT2D eigenvalue weighted by molar-refractivity contribution is 8.04. The smallest absolute Gasteiger partial charge is 0.259 e. The van der Waals surface area contributed by atoms with Crippen LogP contribution < -0.4 is 20.9 Å². The van der Waals surface area contributed by atoms with E-state index in [-0.39, 0.29) is 18.3 Å². The van der Waals surface area contributed by atoms with E-state index in [1.165, 1.54) is 0 Å². The first kappa shape index (κ1) is 20.0. The van der Waals surface area contributed by atoms with Gasteiger partial charge in [-0.1, -0.05) is 0 Å². The van der Waals surface area contributed by atoms with Gasteiger partial charge in [-0.05, 0) is 18.6 Å². The molecule has 2 aliphatic heterocycles. The fourth-order valence-corrected chi connectivity index (χ4v) is 4.32. The Morgan fingerprint density at radius 1 is 1.44 bits per heavy atom. The minimum atomic E-state index is 0. The number of amides is 1. The number of hydrogen-bond donors (Lipinski definition) is 4. The molecule has 4 N–H and O–H groups in total. The van der Waals surface area contributed by atoms with Crippen LogP contribution in [-0.2, 0) is 4.79 Å². The highest BCUT2D eigenvalue weighted by Crippen LogP contribution is 2.32. The van der Waals surface area contributed by atoms with E-state index in [2.05, 4.69) is 37.7 Å². The summed E-state index contributed by atoms with van der Waals surface area (Å²) in [5.41, 5.74) is 3.14. The van der Waals surface area contributed by atoms with Gasteiger partial charge in [-0.25, -0.2) is 4.98 Å². The molecule has 1 saturated heterocycles. The number of piperazine rings is 1. The number of carbonyl (C=O) groups is 1. The number of H-pyrrole nitrogens is 1. The summed E-state index contributed by atoms with van der Waals surface area (Å²) in [5.74, 6) is 0.888. The van der Waals surface area contributed by atoms with Crippen molar-refractivity contribution in [2.75, 3.05) is 43.4 Å². The molecule has 146 valence electrons. The summed E-state index contributed by atoms with van der Waals surface area (Å²) in [7, 11) is 0. The zero-order chi connectivity index (χ0) is 17.9. The molecule has 4 rings (SSSR count). The molecule has 1 unspecified atom stereocenters. The number of rotatable bonds is 4. The van der Waals surface area contributed by atoms with Crippen molar-refractivity contribution in [3.63, 3.8) is 0 Å². The number of fused-ring (bicyclic) bond motifs is 1. The standard InChI is InChI=1S/C18H24N6OS.ClH/c1-12-8-22-17-16(12)14(2-3-21-17)24-6-7-26-15(11-24)18(25)23-10-13-9-19-4-5-20-13;/h2-3,8,11,13,19-20H,4-7,9-10H2,1H3,(H,21,22)(H,23,25);1H. The first-order valence-electron chi connectivity index (χ1n) is 8.98. The third-order valence-corrected chi connectivity index (χ3v) is 5.77. The number of nitrogens with one attached hydrogen (secondary N) is 4. The molecule has 2 aromatic heterocycles. The van der Waals surface area contributed by atoms with Gasteiger partial charge < -0.3 is 25.8 Å². The van der Waals surface area contributed by atoms with Crippen LogP contribution in [0.15, 0.2) is 29.6 Å². The van der Waals surface area contributed by atoms with Crippen LogP contribution in [0.3, 0.4) is 0 Å². The molecule has 2 aromatic rings. The van der Waals surface area contributed by atoms with E-state index in [0.29, 0.717) is 12.6 Å². The average Bonchev–Trinajstić information content (AvgIpc) is 3.08. The Balaban J connectivity index is 0.00000210. The Labute approximate surface area is 169 Å². The zero-order valence-electron chi connectivity index (χ0n) is 15.2. The van der Waals surface area contributed by atoms with Crippen molar-refractivity contribution in [1.29, 1.82) is 0 Å². The topological polar surface area (TPSA) is 85.1 Å². The Morgan fingerprint density at radius 2 is 2.33 bits per heavy atom. The largest absolute Gasteiger partial charge is 0.350 e. The van der Waals surface area contributed by atoms with Crippen LogP contribution in [0, 0.1) is 6.92 Å². The summed E-state index contributed by atoms with van der Waals surface area (Å²) in [5, 5.41) is 10.9. The molecule has 27 heavy (non-hydrogen) atoms. The lowest BCUT2D eigenvalue weighted by molar-refractivity contribution is -0.116. The predicted octanol–water partition coefficient (Wildman–Crippen LogP) is 1.37. The van der Waals surface area contributed by atoms with Crippen molar-refractivity contribution in [3.8, 4) is 0 Å². The molecule has 7 nitrogen and oxygen atoms in total. The molecule has 0 aliphatic carbocycles. The van der Waals surface area contributed by atoms with E-state index in [0.717, 1.165) is 59.1 Å². The van der Waals surface area contributed by atoms with Gasteiger partial charge in [0.15, 0.2) is 0 Å². The summed E-state index contributed by atoms with van der Waals surface area (Å²) >= 11 is 1.62. The summed E-state index contributed by atoms with van der Waals surface area (Å²) in [6.07, 6.45) is 5.75. The van der Waals surface area contributed by atoms with Crippen molar-refractivity contribution in [2.45, 2.75) is 13.0 Å². The minimum absolute atomic E-state index is 0. The van der Waals surface area contributed by atoms with Gasteiger partial charge in [-0.2, -0.15) is 0 Å². The maximum Gasteiger partial charge on any atom is 0.259 e. The molecule has 2 aliphatic rings. The van der Waals surface area contributed by atoms with Crippen LogP contribution in [0.4, 0.5) is 5.69 Å². The molecule has 1 atom stereocenters. The average molecular weight is 409 g/mol. The lowest BCUT2D eigenvalue weighted by atomic mass is 10.2. The summed E-state index contributed by atoms with van der Waals surface area (Å²) in [6.45, 7) is 6.41. The molecule has 0 spiro atoms. The Bertz CT molecular complexity index is 832. The number of carbonyl (C=O) groups excluding carboxylic acids is 1. The number of halogens is 1. The van der Waals surface area contributed by atoms with E-state index in [1.54, 1.807) is 11.8 Å². The first-order valence-corrected chi connectivity index (χ1v) is 9.97. The number of aromatic nitrogens is 2. The van der Waals surface area contributed by atoms with Crippen LogP contribution in [-0.4, -0.2) is 60.4 Å². The maximum atomic E-state index is 12.6. The minimum Gasteiger partial charge on any atom is -0.350 e. The second kappa shape index (κ2) is 8.97. The maximum absolute atomic E-state index is 12.6. The summed E-state index contributed by atoms with van der Waals surface area (Å²) in [4.78, 5) is 23.1. The molecule has 0 bridgehead atoms.